The summed E-state index contributed by atoms with van der Waals surface area (Å²) < 4.78 is 39.5. The Hall–Kier alpha value is -2.74. The van der Waals surface area contributed by atoms with Crippen LogP contribution < -0.4 is 10.6 Å². The number of anilines is 2. The van der Waals surface area contributed by atoms with Crippen molar-refractivity contribution >= 4 is 35.0 Å². The average molecular weight is 359 g/mol. The minimum Gasteiger partial charge on any atom is -0.478 e. The number of nitrogens with zero attached hydrogens (tertiary/aromatic N) is 1. The fraction of sp³-hybridized carbons (Fsp3) is 0.0667. The fourth-order valence-electron chi connectivity index (χ4n) is 2.11. The molecule has 0 spiro atoms. The standard InChI is InChI=1S/C15H10ClF3N2O3/c16-11-6-5-8(7-9(11)13(22)23)21(14(20)24)12-4-2-1-3-10(12)15(17,18)19/h1-7H,(H2,20,24)(H,22,23). The number of nitrogens with two attached hydrogens (primary N) is 1. The molecule has 0 aliphatic carbocycles. The van der Waals surface area contributed by atoms with E-state index in [0.717, 1.165) is 30.3 Å². The van der Waals surface area contributed by atoms with Crippen LogP contribution in [0.4, 0.5) is 29.3 Å². The molecule has 0 unspecified atom stereocenters. The molecule has 2 aromatic carbocycles. The summed E-state index contributed by atoms with van der Waals surface area (Å²) in [6.07, 6.45) is -4.73. The summed E-state index contributed by atoms with van der Waals surface area (Å²) in [7, 11) is 0. The number of halogens is 4. The third-order valence-electron chi connectivity index (χ3n) is 3.11. The summed E-state index contributed by atoms with van der Waals surface area (Å²) >= 11 is 5.73. The molecular formula is C15H10ClF3N2O3. The summed E-state index contributed by atoms with van der Waals surface area (Å²) in [4.78, 5) is 23.5. The van der Waals surface area contributed by atoms with Crippen LogP contribution >= 0.6 is 11.6 Å². The highest BCUT2D eigenvalue weighted by atomic mass is 35.5. The monoisotopic (exact) mass is 358 g/mol. The smallest absolute Gasteiger partial charge is 0.418 e. The first-order valence-corrected chi connectivity index (χ1v) is 6.79. The van der Waals surface area contributed by atoms with Crippen LogP contribution in [-0.2, 0) is 6.18 Å². The van der Waals surface area contributed by atoms with Crippen LogP contribution in [0.25, 0.3) is 0 Å². The molecule has 126 valence electrons. The Kier molecular flexibility index (Phi) is 4.70. The molecular weight excluding hydrogens is 349 g/mol. The minimum absolute atomic E-state index is 0.125. The van der Waals surface area contributed by atoms with E-state index in [9.17, 15) is 22.8 Å². The third-order valence-corrected chi connectivity index (χ3v) is 3.44. The number of rotatable bonds is 3. The molecule has 0 aromatic heterocycles. The van der Waals surface area contributed by atoms with Crippen molar-refractivity contribution in [1.82, 2.24) is 0 Å². The average Bonchev–Trinajstić information content (AvgIpc) is 2.48. The highest BCUT2D eigenvalue weighted by Crippen LogP contribution is 2.39. The topological polar surface area (TPSA) is 83.6 Å². The van der Waals surface area contributed by atoms with Crippen molar-refractivity contribution in [2.45, 2.75) is 6.18 Å². The zero-order valence-electron chi connectivity index (χ0n) is 11.8. The maximum absolute atomic E-state index is 13.2. The van der Waals surface area contributed by atoms with Crippen molar-refractivity contribution in [3.63, 3.8) is 0 Å². The van der Waals surface area contributed by atoms with Gasteiger partial charge in [-0.2, -0.15) is 13.2 Å². The lowest BCUT2D eigenvalue weighted by atomic mass is 10.1. The minimum atomic E-state index is -4.73. The van der Waals surface area contributed by atoms with E-state index in [4.69, 9.17) is 22.4 Å². The highest BCUT2D eigenvalue weighted by Gasteiger charge is 2.36. The zero-order chi connectivity index (χ0) is 18.1. The second-order valence-electron chi connectivity index (χ2n) is 4.66. The van der Waals surface area contributed by atoms with Crippen LogP contribution in [0.3, 0.4) is 0 Å². The van der Waals surface area contributed by atoms with E-state index in [1.807, 2.05) is 0 Å². The van der Waals surface area contributed by atoms with Crippen LogP contribution in [0, 0.1) is 0 Å². The van der Waals surface area contributed by atoms with E-state index in [2.05, 4.69) is 0 Å². The third kappa shape index (κ3) is 3.43. The Morgan fingerprint density at radius 3 is 2.29 bits per heavy atom. The maximum atomic E-state index is 13.2. The van der Waals surface area contributed by atoms with Crippen molar-refractivity contribution in [1.29, 1.82) is 0 Å². The van der Waals surface area contributed by atoms with E-state index in [1.165, 1.54) is 12.1 Å². The van der Waals surface area contributed by atoms with Gasteiger partial charge in [-0.3, -0.25) is 4.90 Å². The Labute approximate surface area is 139 Å². The summed E-state index contributed by atoms with van der Waals surface area (Å²) in [5.41, 5.74) is 3.09. The molecule has 2 amide bonds. The zero-order valence-corrected chi connectivity index (χ0v) is 12.6. The van der Waals surface area contributed by atoms with Gasteiger partial charge in [-0.05, 0) is 30.3 Å². The summed E-state index contributed by atoms with van der Waals surface area (Å²) in [6, 6.07) is 6.44. The van der Waals surface area contributed by atoms with Gasteiger partial charge in [0, 0.05) is 0 Å². The van der Waals surface area contributed by atoms with Crippen molar-refractivity contribution in [3.05, 3.63) is 58.6 Å². The molecule has 9 heteroatoms. The molecule has 0 radical (unpaired) electrons. The molecule has 0 saturated heterocycles. The number of aromatic carboxylic acids is 1. The van der Waals surface area contributed by atoms with Crippen LogP contribution in [0.15, 0.2) is 42.5 Å². The Morgan fingerprint density at radius 1 is 1.12 bits per heavy atom. The lowest BCUT2D eigenvalue weighted by Crippen LogP contribution is -2.33. The number of alkyl halides is 3. The molecule has 0 atom stereocenters. The van der Waals surface area contributed by atoms with Crippen LogP contribution in [0.1, 0.15) is 15.9 Å². The second kappa shape index (κ2) is 6.40. The van der Waals surface area contributed by atoms with E-state index >= 15 is 0 Å². The van der Waals surface area contributed by atoms with Crippen LogP contribution in [-0.4, -0.2) is 17.1 Å². The number of benzene rings is 2. The van der Waals surface area contributed by atoms with Gasteiger partial charge >= 0.3 is 18.2 Å². The van der Waals surface area contributed by atoms with Crippen molar-refractivity contribution < 1.29 is 27.9 Å². The molecule has 0 aliphatic rings. The molecule has 0 fully saturated rings. The number of para-hydroxylation sites is 1. The van der Waals surface area contributed by atoms with Gasteiger partial charge in [0.25, 0.3) is 0 Å². The van der Waals surface area contributed by atoms with Crippen molar-refractivity contribution in [3.8, 4) is 0 Å². The molecule has 0 saturated carbocycles. The van der Waals surface area contributed by atoms with E-state index < -0.39 is 29.4 Å². The largest absolute Gasteiger partial charge is 0.478 e. The molecule has 2 aromatic rings. The quantitative estimate of drug-likeness (QED) is 0.859. The number of carbonyl (C=O) groups excluding carboxylic acids is 1. The van der Waals surface area contributed by atoms with Gasteiger partial charge in [0.05, 0.1) is 27.5 Å². The van der Waals surface area contributed by atoms with E-state index in [1.54, 1.807) is 0 Å². The van der Waals surface area contributed by atoms with Crippen LogP contribution in [0.5, 0.6) is 0 Å². The van der Waals surface area contributed by atoms with Crippen LogP contribution in [0.2, 0.25) is 5.02 Å². The highest BCUT2D eigenvalue weighted by molar-refractivity contribution is 6.33. The first-order valence-electron chi connectivity index (χ1n) is 6.41. The number of primary amides is 1. The number of hydrogen-bond acceptors (Lipinski definition) is 2. The fourth-order valence-corrected chi connectivity index (χ4v) is 2.31. The predicted octanol–water partition coefficient (Wildman–Crippen LogP) is 4.27. The molecule has 0 bridgehead atoms. The Morgan fingerprint density at radius 2 is 1.75 bits per heavy atom. The van der Waals surface area contributed by atoms with Gasteiger partial charge in [0.15, 0.2) is 0 Å². The first kappa shape index (κ1) is 17.6. The van der Waals surface area contributed by atoms with Crippen molar-refractivity contribution in [2.75, 3.05) is 4.90 Å². The van der Waals surface area contributed by atoms with E-state index in [-0.39, 0.29) is 16.3 Å². The second-order valence-corrected chi connectivity index (χ2v) is 5.07. The lowest BCUT2D eigenvalue weighted by Gasteiger charge is -2.24. The molecule has 3 N–H and O–H groups in total. The summed E-state index contributed by atoms with van der Waals surface area (Å²) in [5.74, 6) is -1.39. The van der Waals surface area contributed by atoms with Gasteiger partial charge in [0.2, 0.25) is 0 Å². The van der Waals surface area contributed by atoms with Crippen molar-refractivity contribution in [2.24, 2.45) is 5.73 Å². The maximum Gasteiger partial charge on any atom is 0.418 e. The molecule has 0 aliphatic heterocycles. The predicted molar refractivity (Wildman–Crippen MR) is 81.6 cm³/mol. The number of hydrogen-bond donors (Lipinski definition) is 2. The lowest BCUT2D eigenvalue weighted by molar-refractivity contribution is -0.137. The summed E-state index contributed by atoms with van der Waals surface area (Å²) in [5, 5.41) is 8.94. The SMILES string of the molecule is NC(=O)N(c1ccc(Cl)c(C(=O)O)c1)c1ccccc1C(F)(F)F. The Balaban J connectivity index is 2.68. The van der Waals surface area contributed by atoms with Gasteiger partial charge in [0.1, 0.15) is 0 Å². The van der Waals surface area contributed by atoms with E-state index in [0.29, 0.717) is 4.90 Å². The van der Waals surface area contributed by atoms with Gasteiger partial charge in [-0.15, -0.1) is 0 Å². The van der Waals surface area contributed by atoms with Gasteiger partial charge in [-0.1, -0.05) is 23.7 Å². The number of carboxylic acid groups (broad SMARTS) is 1. The number of amides is 2. The Bertz CT molecular complexity index is 809. The van der Waals surface area contributed by atoms with Gasteiger partial charge < -0.3 is 10.8 Å². The summed E-state index contributed by atoms with van der Waals surface area (Å²) in [6.45, 7) is 0. The van der Waals surface area contributed by atoms with Gasteiger partial charge in [-0.25, -0.2) is 9.59 Å². The molecule has 24 heavy (non-hydrogen) atoms. The molecule has 0 heterocycles. The molecule has 2 rings (SSSR count). The number of urea groups is 1. The molecule has 5 nitrogen and oxygen atoms in total. The first-order chi connectivity index (χ1) is 11.1. The number of carboxylic acids is 1. The normalized spacial score (nSPS) is 11.2. The number of carbonyl (C=O) groups is 2.